The molecule has 1 N–H and O–H groups in total. The summed E-state index contributed by atoms with van der Waals surface area (Å²) < 4.78 is 0. The first-order valence-corrected chi connectivity index (χ1v) is 7.33. The van der Waals surface area contributed by atoms with Crippen LogP contribution in [0.1, 0.15) is 17.9 Å². The summed E-state index contributed by atoms with van der Waals surface area (Å²) in [4.78, 5) is 13.5. The Hall–Kier alpha value is -0.420. The number of aliphatic hydroxyl groups is 1. The SMILES string of the molecule is C[C@H](O)CN1C(=O)CS[C@H]1c1ccc(Cl)c(Cl)c1. The molecule has 1 fully saturated rings. The second kappa shape index (κ2) is 5.70. The number of aliphatic hydroxyl groups excluding tert-OH is 1. The first-order valence-electron chi connectivity index (χ1n) is 5.53. The summed E-state index contributed by atoms with van der Waals surface area (Å²) >= 11 is 13.4. The van der Waals surface area contributed by atoms with Crippen molar-refractivity contribution in [3.8, 4) is 0 Å². The van der Waals surface area contributed by atoms with Crippen LogP contribution in [-0.2, 0) is 4.79 Å². The van der Waals surface area contributed by atoms with Gasteiger partial charge < -0.3 is 10.0 Å². The first kappa shape index (κ1) is 14.0. The smallest absolute Gasteiger partial charge is 0.233 e. The van der Waals surface area contributed by atoms with Crippen LogP contribution in [0, 0.1) is 0 Å². The van der Waals surface area contributed by atoms with Crippen molar-refractivity contribution in [1.29, 1.82) is 0 Å². The molecular formula is C12H13Cl2NO2S. The molecule has 0 radical (unpaired) electrons. The number of β-amino-alcohol motifs (C(OH)–C–C–N with tert-alkyl or cyclic N) is 1. The molecule has 0 aromatic heterocycles. The van der Waals surface area contributed by atoms with Gasteiger partial charge in [-0.1, -0.05) is 29.3 Å². The van der Waals surface area contributed by atoms with Crippen molar-refractivity contribution in [1.82, 2.24) is 4.90 Å². The maximum Gasteiger partial charge on any atom is 0.233 e. The molecule has 1 amide bonds. The molecule has 1 aliphatic rings. The van der Waals surface area contributed by atoms with E-state index in [1.165, 1.54) is 11.8 Å². The van der Waals surface area contributed by atoms with Gasteiger partial charge in [0, 0.05) is 6.54 Å². The van der Waals surface area contributed by atoms with Gasteiger partial charge in [-0.3, -0.25) is 4.79 Å². The summed E-state index contributed by atoms with van der Waals surface area (Å²) in [6.07, 6.45) is -0.544. The van der Waals surface area contributed by atoms with E-state index in [0.717, 1.165) is 5.56 Å². The number of thioether (sulfide) groups is 1. The topological polar surface area (TPSA) is 40.5 Å². The van der Waals surface area contributed by atoms with Crippen LogP contribution >= 0.6 is 35.0 Å². The molecule has 6 heteroatoms. The number of hydrogen-bond donors (Lipinski definition) is 1. The largest absolute Gasteiger partial charge is 0.392 e. The van der Waals surface area contributed by atoms with Gasteiger partial charge in [-0.15, -0.1) is 11.8 Å². The molecule has 0 saturated carbocycles. The number of carbonyl (C=O) groups is 1. The summed E-state index contributed by atoms with van der Waals surface area (Å²) in [5.74, 6) is 0.467. The van der Waals surface area contributed by atoms with Crippen molar-refractivity contribution >= 4 is 40.9 Å². The lowest BCUT2D eigenvalue weighted by molar-refractivity contribution is -0.129. The zero-order valence-electron chi connectivity index (χ0n) is 9.77. The molecule has 1 heterocycles. The summed E-state index contributed by atoms with van der Waals surface area (Å²) in [5.41, 5.74) is 0.931. The lowest BCUT2D eigenvalue weighted by Crippen LogP contribution is -2.34. The van der Waals surface area contributed by atoms with Gasteiger partial charge in [0.25, 0.3) is 0 Å². The number of benzene rings is 1. The van der Waals surface area contributed by atoms with Crippen molar-refractivity contribution in [2.45, 2.75) is 18.4 Å². The average molecular weight is 306 g/mol. The van der Waals surface area contributed by atoms with Crippen molar-refractivity contribution in [3.63, 3.8) is 0 Å². The van der Waals surface area contributed by atoms with Gasteiger partial charge in [0.1, 0.15) is 5.37 Å². The molecule has 98 valence electrons. The Labute approximate surface area is 120 Å². The molecule has 0 aliphatic carbocycles. The van der Waals surface area contributed by atoms with Crippen LogP contribution in [-0.4, -0.2) is 34.3 Å². The molecule has 1 aliphatic heterocycles. The van der Waals surface area contributed by atoms with Gasteiger partial charge >= 0.3 is 0 Å². The monoisotopic (exact) mass is 305 g/mol. The quantitative estimate of drug-likeness (QED) is 0.933. The minimum Gasteiger partial charge on any atom is -0.392 e. The third-order valence-electron chi connectivity index (χ3n) is 2.66. The van der Waals surface area contributed by atoms with Gasteiger partial charge in [0.05, 0.1) is 21.9 Å². The van der Waals surface area contributed by atoms with Crippen LogP contribution in [0.3, 0.4) is 0 Å². The van der Waals surface area contributed by atoms with Crippen LogP contribution in [0.2, 0.25) is 10.0 Å². The Bertz CT molecular complexity index is 467. The summed E-state index contributed by atoms with van der Waals surface area (Å²) in [5, 5.41) is 10.3. The van der Waals surface area contributed by atoms with Crippen LogP contribution in [0.15, 0.2) is 18.2 Å². The van der Waals surface area contributed by atoms with Gasteiger partial charge in [-0.05, 0) is 24.6 Å². The molecule has 3 nitrogen and oxygen atoms in total. The molecule has 1 saturated heterocycles. The molecule has 0 bridgehead atoms. The Balaban J connectivity index is 2.25. The number of hydrogen-bond acceptors (Lipinski definition) is 3. The van der Waals surface area contributed by atoms with Crippen LogP contribution in [0.25, 0.3) is 0 Å². The predicted molar refractivity (Wildman–Crippen MR) is 75.1 cm³/mol. The van der Waals surface area contributed by atoms with Crippen molar-refractivity contribution in [2.24, 2.45) is 0 Å². The molecule has 18 heavy (non-hydrogen) atoms. The highest BCUT2D eigenvalue weighted by atomic mass is 35.5. The van der Waals surface area contributed by atoms with Crippen LogP contribution in [0.4, 0.5) is 0 Å². The van der Waals surface area contributed by atoms with E-state index in [-0.39, 0.29) is 11.3 Å². The normalized spacial score (nSPS) is 21.4. The van der Waals surface area contributed by atoms with Crippen molar-refractivity contribution in [2.75, 3.05) is 12.3 Å². The molecule has 1 aromatic carbocycles. The molecule has 2 atom stereocenters. The standard InChI is InChI=1S/C12H13Cl2NO2S/c1-7(16)5-15-11(17)6-18-12(15)8-2-3-9(13)10(14)4-8/h2-4,7,12,16H,5-6H2,1H3/t7-,12-/m0/s1. The minimum absolute atomic E-state index is 0.0389. The fourth-order valence-electron chi connectivity index (χ4n) is 1.88. The number of nitrogens with zero attached hydrogens (tertiary/aromatic N) is 1. The predicted octanol–water partition coefficient (Wildman–Crippen LogP) is 2.95. The first-order chi connectivity index (χ1) is 8.49. The number of halogens is 2. The van der Waals surface area contributed by atoms with Gasteiger partial charge in [0.2, 0.25) is 5.91 Å². The van der Waals surface area contributed by atoms with Gasteiger partial charge in [-0.25, -0.2) is 0 Å². The lowest BCUT2D eigenvalue weighted by atomic mass is 10.2. The Morgan fingerprint density at radius 3 is 2.83 bits per heavy atom. The van der Waals surface area contributed by atoms with E-state index in [9.17, 15) is 9.90 Å². The van der Waals surface area contributed by atoms with Crippen LogP contribution < -0.4 is 0 Å². The fourth-order valence-corrected chi connectivity index (χ4v) is 3.37. The maximum absolute atomic E-state index is 11.8. The van der Waals surface area contributed by atoms with Gasteiger partial charge in [-0.2, -0.15) is 0 Å². The third kappa shape index (κ3) is 2.94. The van der Waals surface area contributed by atoms with E-state index in [2.05, 4.69) is 0 Å². The van der Waals surface area contributed by atoms with E-state index in [0.29, 0.717) is 22.3 Å². The summed E-state index contributed by atoms with van der Waals surface area (Å²) in [7, 11) is 0. The maximum atomic E-state index is 11.8. The lowest BCUT2D eigenvalue weighted by Gasteiger charge is -2.25. The highest BCUT2D eigenvalue weighted by Crippen LogP contribution is 2.40. The average Bonchev–Trinajstić information content (AvgIpc) is 2.64. The molecule has 0 unspecified atom stereocenters. The highest BCUT2D eigenvalue weighted by Gasteiger charge is 2.33. The molecular weight excluding hydrogens is 293 g/mol. The van der Waals surface area contributed by atoms with Crippen molar-refractivity contribution in [3.05, 3.63) is 33.8 Å². The fraction of sp³-hybridized carbons (Fsp3) is 0.417. The van der Waals surface area contributed by atoms with E-state index >= 15 is 0 Å². The second-order valence-electron chi connectivity index (χ2n) is 4.23. The number of rotatable bonds is 3. The summed E-state index contributed by atoms with van der Waals surface area (Å²) in [6, 6.07) is 5.36. The zero-order chi connectivity index (χ0) is 13.3. The Morgan fingerprint density at radius 2 is 2.22 bits per heavy atom. The molecule has 1 aromatic rings. The van der Waals surface area contributed by atoms with Gasteiger partial charge in [0.15, 0.2) is 0 Å². The Kier molecular flexibility index (Phi) is 4.43. The van der Waals surface area contributed by atoms with E-state index in [1.807, 2.05) is 6.07 Å². The Morgan fingerprint density at radius 1 is 1.50 bits per heavy atom. The molecule has 2 rings (SSSR count). The third-order valence-corrected chi connectivity index (χ3v) is 4.65. The van der Waals surface area contributed by atoms with Crippen molar-refractivity contribution < 1.29 is 9.90 Å². The molecule has 0 spiro atoms. The zero-order valence-corrected chi connectivity index (χ0v) is 12.1. The highest BCUT2D eigenvalue weighted by molar-refractivity contribution is 8.00. The van der Waals surface area contributed by atoms with E-state index in [1.54, 1.807) is 24.0 Å². The second-order valence-corrected chi connectivity index (χ2v) is 6.11. The van der Waals surface area contributed by atoms with Crippen LogP contribution in [0.5, 0.6) is 0 Å². The van der Waals surface area contributed by atoms with E-state index in [4.69, 9.17) is 23.2 Å². The number of amides is 1. The minimum atomic E-state index is -0.544. The summed E-state index contributed by atoms with van der Waals surface area (Å²) in [6.45, 7) is 2.00. The van der Waals surface area contributed by atoms with E-state index < -0.39 is 6.10 Å². The number of carbonyl (C=O) groups excluding carboxylic acids is 1.